The van der Waals surface area contributed by atoms with Crippen molar-refractivity contribution in [3.05, 3.63) is 39.4 Å². The van der Waals surface area contributed by atoms with Crippen LogP contribution in [0.4, 0.5) is 14.5 Å². The molecule has 0 atom stereocenters. The van der Waals surface area contributed by atoms with E-state index in [9.17, 15) is 23.7 Å². The van der Waals surface area contributed by atoms with Crippen molar-refractivity contribution in [3.8, 4) is 0 Å². The quantitative estimate of drug-likeness (QED) is 0.579. The summed E-state index contributed by atoms with van der Waals surface area (Å²) in [5, 5.41) is 28.4. The summed E-state index contributed by atoms with van der Waals surface area (Å²) >= 11 is 0. The molecule has 0 aliphatic carbocycles. The number of halogens is 2. The number of nitro benzene ring substituents is 1. The molecule has 7 nitrogen and oxygen atoms in total. The summed E-state index contributed by atoms with van der Waals surface area (Å²) in [4.78, 5) is 22.7. The molecule has 0 bridgehead atoms. The third-order valence-corrected chi connectivity index (χ3v) is 2.49. The van der Waals surface area contributed by atoms with Crippen LogP contribution in [-0.2, 0) is 0 Å². The Balaban J connectivity index is 3.25. The SMILES string of the molecule is O=C(c1cc(F)c(F)cc1[N+](=O)[O-])N(CCO)CCO. The van der Waals surface area contributed by atoms with Gasteiger partial charge in [-0.25, -0.2) is 8.78 Å². The van der Waals surface area contributed by atoms with Gasteiger partial charge >= 0.3 is 0 Å². The van der Waals surface area contributed by atoms with E-state index in [2.05, 4.69) is 0 Å². The van der Waals surface area contributed by atoms with Gasteiger partial charge in [0.15, 0.2) is 11.6 Å². The maximum absolute atomic E-state index is 13.2. The number of nitrogens with zero attached hydrogens (tertiary/aromatic N) is 2. The fourth-order valence-corrected chi connectivity index (χ4v) is 1.59. The third kappa shape index (κ3) is 3.45. The first-order valence-electron chi connectivity index (χ1n) is 5.56. The monoisotopic (exact) mass is 290 g/mol. The van der Waals surface area contributed by atoms with Crippen LogP contribution in [0.15, 0.2) is 12.1 Å². The second-order valence-corrected chi connectivity index (χ2v) is 3.78. The first-order chi connectivity index (χ1) is 9.42. The Labute approximate surface area is 112 Å². The third-order valence-electron chi connectivity index (χ3n) is 2.49. The molecule has 0 aliphatic heterocycles. The molecule has 0 spiro atoms. The summed E-state index contributed by atoms with van der Waals surface area (Å²) in [5.74, 6) is -3.81. The van der Waals surface area contributed by atoms with Crippen molar-refractivity contribution < 1.29 is 28.7 Å². The second-order valence-electron chi connectivity index (χ2n) is 3.78. The Morgan fingerprint density at radius 3 is 2.15 bits per heavy atom. The van der Waals surface area contributed by atoms with E-state index in [1.165, 1.54) is 0 Å². The second kappa shape index (κ2) is 6.87. The van der Waals surface area contributed by atoms with Crippen molar-refractivity contribution in [2.75, 3.05) is 26.3 Å². The van der Waals surface area contributed by atoms with Gasteiger partial charge < -0.3 is 15.1 Å². The van der Waals surface area contributed by atoms with Gasteiger partial charge in [0.05, 0.1) is 24.2 Å². The van der Waals surface area contributed by atoms with Crippen molar-refractivity contribution in [1.29, 1.82) is 0 Å². The molecule has 0 fully saturated rings. The van der Waals surface area contributed by atoms with E-state index in [4.69, 9.17) is 10.2 Å². The molecule has 2 N–H and O–H groups in total. The van der Waals surface area contributed by atoms with E-state index in [0.717, 1.165) is 4.90 Å². The molecule has 1 rings (SSSR count). The van der Waals surface area contributed by atoms with Crippen molar-refractivity contribution in [3.63, 3.8) is 0 Å². The number of carbonyl (C=O) groups is 1. The average Bonchev–Trinajstić information content (AvgIpc) is 2.40. The van der Waals surface area contributed by atoms with Gasteiger partial charge in [-0.3, -0.25) is 14.9 Å². The highest BCUT2D eigenvalue weighted by atomic mass is 19.2. The molecule has 1 aromatic rings. The van der Waals surface area contributed by atoms with Gasteiger partial charge in [-0.2, -0.15) is 0 Å². The first kappa shape index (κ1) is 15.9. The lowest BCUT2D eigenvalue weighted by Crippen LogP contribution is -2.36. The molecule has 0 saturated carbocycles. The molecular weight excluding hydrogens is 278 g/mol. The number of rotatable bonds is 6. The van der Waals surface area contributed by atoms with Crippen LogP contribution in [0, 0.1) is 21.7 Å². The summed E-state index contributed by atoms with van der Waals surface area (Å²) in [7, 11) is 0. The van der Waals surface area contributed by atoms with Gasteiger partial charge in [0.2, 0.25) is 0 Å². The molecule has 0 radical (unpaired) electrons. The van der Waals surface area contributed by atoms with Gasteiger partial charge in [0.1, 0.15) is 5.56 Å². The van der Waals surface area contributed by atoms with Crippen LogP contribution < -0.4 is 0 Å². The zero-order chi connectivity index (χ0) is 15.3. The standard InChI is InChI=1S/C11H12F2N2O5/c12-8-5-7(10(15(19)20)6-9(8)13)11(18)14(1-3-16)2-4-17/h5-6,16-17H,1-4H2. The van der Waals surface area contributed by atoms with E-state index in [-0.39, 0.29) is 13.1 Å². The van der Waals surface area contributed by atoms with Gasteiger partial charge in [0.25, 0.3) is 11.6 Å². The van der Waals surface area contributed by atoms with Crippen LogP contribution >= 0.6 is 0 Å². The molecule has 110 valence electrons. The average molecular weight is 290 g/mol. The Hall–Kier alpha value is -2.13. The Kier molecular flexibility index (Phi) is 5.47. The molecule has 0 aliphatic rings. The molecule has 0 saturated heterocycles. The minimum Gasteiger partial charge on any atom is -0.395 e. The van der Waals surface area contributed by atoms with Crippen LogP contribution in [-0.4, -0.2) is 52.2 Å². The Morgan fingerprint density at radius 1 is 1.20 bits per heavy atom. The number of benzene rings is 1. The molecule has 1 aromatic carbocycles. The van der Waals surface area contributed by atoms with Crippen LogP contribution in [0.25, 0.3) is 0 Å². The molecule has 0 aromatic heterocycles. The van der Waals surface area contributed by atoms with E-state index in [0.29, 0.717) is 12.1 Å². The Morgan fingerprint density at radius 2 is 1.70 bits per heavy atom. The molecule has 9 heteroatoms. The van der Waals surface area contributed by atoms with E-state index in [1.54, 1.807) is 0 Å². The van der Waals surface area contributed by atoms with Crippen LogP contribution in [0.5, 0.6) is 0 Å². The first-order valence-corrected chi connectivity index (χ1v) is 5.56. The summed E-state index contributed by atoms with van der Waals surface area (Å²) in [6, 6.07) is 0.746. The number of aliphatic hydroxyl groups is 2. The summed E-state index contributed by atoms with van der Waals surface area (Å²) in [5.41, 5.74) is -1.52. The zero-order valence-corrected chi connectivity index (χ0v) is 10.3. The number of amides is 1. The smallest absolute Gasteiger partial charge is 0.285 e. The number of hydrogen-bond acceptors (Lipinski definition) is 5. The van der Waals surface area contributed by atoms with Crippen molar-refractivity contribution in [2.45, 2.75) is 0 Å². The van der Waals surface area contributed by atoms with Crippen LogP contribution in [0.3, 0.4) is 0 Å². The fourth-order valence-electron chi connectivity index (χ4n) is 1.59. The van der Waals surface area contributed by atoms with E-state index >= 15 is 0 Å². The highest BCUT2D eigenvalue weighted by Gasteiger charge is 2.27. The molecule has 0 heterocycles. The summed E-state index contributed by atoms with van der Waals surface area (Å²) in [6.07, 6.45) is 0. The molecular formula is C11H12F2N2O5. The normalized spacial score (nSPS) is 10.4. The van der Waals surface area contributed by atoms with Gasteiger partial charge in [-0.1, -0.05) is 0 Å². The molecule has 20 heavy (non-hydrogen) atoms. The minimum atomic E-state index is -1.44. The number of aliphatic hydroxyl groups excluding tert-OH is 2. The topological polar surface area (TPSA) is 104 Å². The molecule has 0 unspecified atom stereocenters. The van der Waals surface area contributed by atoms with Gasteiger partial charge in [-0.15, -0.1) is 0 Å². The number of carbonyl (C=O) groups excluding carboxylic acids is 1. The predicted octanol–water partition coefficient (Wildman–Crippen LogP) is 0.300. The lowest BCUT2D eigenvalue weighted by Gasteiger charge is -2.20. The zero-order valence-electron chi connectivity index (χ0n) is 10.3. The maximum Gasteiger partial charge on any atom is 0.285 e. The highest BCUT2D eigenvalue weighted by molar-refractivity contribution is 5.98. The van der Waals surface area contributed by atoms with Gasteiger partial charge in [-0.05, 0) is 6.07 Å². The molecule has 1 amide bonds. The number of nitro groups is 1. The summed E-state index contributed by atoms with van der Waals surface area (Å²) in [6.45, 7) is -1.28. The largest absolute Gasteiger partial charge is 0.395 e. The van der Waals surface area contributed by atoms with Crippen LogP contribution in [0.2, 0.25) is 0 Å². The van der Waals surface area contributed by atoms with Gasteiger partial charge in [0, 0.05) is 13.1 Å². The lowest BCUT2D eigenvalue weighted by atomic mass is 10.1. The van der Waals surface area contributed by atoms with Crippen molar-refractivity contribution in [1.82, 2.24) is 4.90 Å². The maximum atomic E-state index is 13.2. The minimum absolute atomic E-state index is 0.199. The van der Waals surface area contributed by atoms with Crippen molar-refractivity contribution >= 4 is 11.6 Å². The number of hydrogen-bond donors (Lipinski definition) is 2. The van der Waals surface area contributed by atoms with E-state index < -0.39 is 46.9 Å². The summed E-state index contributed by atoms with van der Waals surface area (Å²) < 4.78 is 26.1. The lowest BCUT2D eigenvalue weighted by molar-refractivity contribution is -0.385. The van der Waals surface area contributed by atoms with Crippen LogP contribution in [0.1, 0.15) is 10.4 Å². The predicted molar refractivity (Wildman–Crippen MR) is 63.1 cm³/mol. The Bertz CT molecular complexity index is 518. The highest BCUT2D eigenvalue weighted by Crippen LogP contribution is 2.23. The van der Waals surface area contributed by atoms with Crippen molar-refractivity contribution in [2.24, 2.45) is 0 Å². The van der Waals surface area contributed by atoms with E-state index in [1.807, 2.05) is 0 Å². The fraction of sp³-hybridized carbons (Fsp3) is 0.364.